The highest BCUT2D eigenvalue weighted by Gasteiger charge is 2.42. The summed E-state index contributed by atoms with van der Waals surface area (Å²) in [5.41, 5.74) is 3.87. The summed E-state index contributed by atoms with van der Waals surface area (Å²) in [4.78, 5) is 4.35. The first-order chi connectivity index (χ1) is 9.12. The molecule has 1 aromatic carbocycles. The maximum Gasteiger partial charge on any atom is 0.177 e. The molecular weight excluding hydrogens is 282 g/mol. The van der Waals surface area contributed by atoms with Crippen LogP contribution in [0.15, 0.2) is 40.4 Å². The molecule has 1 fully saturated rings. The minimum atomic E-state index is -2.89. The Bertz CT molecular complexity index is 626. The molecule has 7 heteroatoms. The first kappa shape index (κ1) is 12.7. The minimum Gasteiger partial charge on any atom is -0.256 e. The first-order valence-electron chi connectivity index (χ1n) is 5.91. The molecule has 0 saturated carbocycles. The summed E-state index contributed by atoms with van der Waals surface area (Å²) < 4.78 is 22.8. The molecule has 2 heterocycles. The summed E-state index contributed by atoms with van der Waals surface area (Å²) in [6, 6.07) is 9.64. The largest absolute Gasteiger partial charge is 0.256 e. The third-order valence-electron chi connectivity index (χ3n) is 2.99. The van der Waals surface area contributed by atoms with Crippen LogP contribution < -0.4 is 5.43 Å². The van der Waals surface area contributed by atoms with Crippen LogP contribution in [0.4, 0.5) is 0 Å². The van der Waals surface area contributed by atoms with E-state index in [1.807, 2.05) is 30.3 Å². The Morgan fingerprint density at radius 1 is 1.32 bits per heavy atom. The van der Waals surface area contributed by atoms with E-state index in [1.54, 1.807) is 6.21 Å². The van der Waals surface area contributed by atoms with Crippen LogP contribution in [0.3, 0.4) is 0 Å². The number of thioether (sulfide) groups is 1. The smallest absolute Gasteiger partial charge is 0.177 e. The molecule has 5 nitrogen and oxygen atoms in total. The van der Waals surface area contributed by atoms with E-state index in [4.69, 9.17) is 0 Å². The lowest BCUT2D eigenvalue weighted by Crippen LogP contribution is -2.15. The Labute approximate surface area is 116 Å². The molecular formula is C12H13N3O2S2. The van der Waals surface area contributed by atoms with Gasteiger partial charge in [0.15, 0.2) is 15.0 Å². The molecule has 3 rings (SSSR count). The fraction of sp³-hybridized carbons (Fsp3) is 0.333. The zero-order chi connectivity index (χ0) is 13.3. The molecule has 1 saturated heterocycles. The third-order valence-corrected chi connectivity index (χ3v) is 6.12. The van der Waals surface area contributed by atoms with Crippen molar-refractivity contribution in [1.82, 2.24) is 5.43 Å². The van der Waals surface area contributed by atoms with Gasteiger partial charge in [0.05, 0.1) is 23.8 Å². The second-order valence-corrected chi connectivity index (χ2v) is 7.90. The van der Waals surface area contributed by atoms with Gasteiger partial charge in [-0.15, -0.1) is 0 Å². The zero-order valence-electron chi connectivity index (χ0n) is 10.1. The molecule has 0 amide bonds. The summed E-state index contributed by atoms with van der Waals surface area (Å²) >= 11 is 1.46. The minimum absolute atomic E-state index is 0.0550. The van der Waals surface area contributed by atoms with Crippen molar-refractivity contribution in [2.45, 2.75) is 11.3 Å². The lowest BCUT2D eigenvalue weighted by atomic mass is 10.2. The van der Waals surface area contributed by atoms with Crippen LogP contribution in [0.5, 0.6) is 0 Å². The van der Waals surface area contributed by atoms with Gasteiger partial charge in [-0.2, -0.15) is 5.10 Å². The van der Waals surface area contributed by atoms with Crippen LogP contribution in [0.25, 0.3) is 0 Å². The number of nitrogens with zero attached hydrogens (tertiary/aromatic N) is 2. The number of hydrogen-bond donors (Lipinski definition) is 1. The molecule has 0 aliphatic carbocycles. The van der Waals surface area contributed by atoms with Gasteiger partial charge >= 0.3 is 0 Å². The molecule has 0 bridgehead atoms. The van der Waals surface area contributed by atoms with Crippen LogP contribution in [0, 0.1) is 0 Å². The van der Waals surface area contributed by atoms with Crippen molar-refractivity contribution in [3.05, 3.63) is 35.9 Å². The Balaban J connectivity index is 1.60. The Kier molecular flexibility index (Phi) is 3.32. The van der Waals surface area contributed by atoms with Crippen LogP contribution in [0.1, 0.15) is 5.56 Å². The lowest BCUT2D eigenvalue weighted by molar-refractivity contribution is 0.601. The van der Waals surface area contributed by atoms with Gasteiger partial charge in [0.2, 0.25) is 0 Å². The van der Waals surface area contributed by atoms with Gasteiger partial charge < -0.3 is 0 Å². The number of hydrogen-bond acceptors (Lipinski definition) is 6. The van der Waals surface area contributed by atoms with E-state index in [1.165, 1.54) is 11.8 Å². The number of fused-ring (bicyclic) bond motifs is 1. The van der Waals surface area contributed by atoms with Crippen molar-refractivity contribution in [1.29, 1.82) is 0 Å². The molecule has 2 aliphatic heterocycles. The molecule has 2 atom stereocenters. The quantitative estimate of drug-likeness (QED) is 0.649. The van der Waals surface area contributed by atoms with Crippen molar-refractivity contribution < 1.29 is 8.42 Å². The van der Waals surface area contributed by atoms with Crippen LogP contribution >= 0.6 is 11.8 Å². The summed E-state index contributed by atoms with van der Waals surface area (Å²) in [5, 5.41) is 4.87. The van der Waals surface area contributed by atoms with Gasteiger partial charge in [0.1, 0.15) is 0 Å². The van der Waals surface area contributed by atoms with E-state index in [2.05, 4.69) is 15.5 Å². The normalized spacial score (nSPS) is 28.3. The van der Waals surface area contributed by atoms with E-state index in [9.17, 15) is 8.42 Å². The van der Waals surface area contributed by atoms with Crippen LogP contribution in [-0.2, 0) is 9.84 Å². The Morgan fingerprint density at radius 3 is 2.84 bits per heavy atom. The lowest BCUT2D eigenvalue weighted by Gasteiger charge is -2.01. The topological polar surface area (TPSA) is 70.9 Å². The van der Waals surface area contributed by atoms with Gasteiger partial charge in [-0.3, -0.25) is 10.4 Å². The summed E-state index contributed by atoms with van der Waals surface area (Å²) in [5.74, 6) is 0.387. The van der Waals surface area contributed by atoms with E-state index in [-0.39, 0.29) is 22.8 Å². The van der Waals surface area contributed by atoms with Crippen molar-refractivity contribution in [3.63, 3.8) is 0 Å². The summed E-state index contributed by atoms with van der Waals surface area (Å²) in [6.45, 7) is 0. The highest BCUT2D eigenvalue weighted by atomic mass is 32.2. The Morgan fingerprint density at radius 2 is 2.11 bits per heavy atom. The predicted molar refractivity (Wildman–Crippen MR) is 78.4 cm³/mol. The zero-order valence-corrected chi connectivity index (χ0v) is 11.7. The molecule has 2 aliphatic rings. The standard InChI is InChI=1S/C12H13N3O2S2/c16-19(17)7-10-11(8-19)18-12(14-10)15-13-6-9-4-2-1-3-5-9/h1-6,10-11H,7-8H2,(H,14,15)/t10-,11-/m1/s1. The molecule has 0 unspecified atom stereocenters. The highest BCUT2D eigenvalue weighted by Crippen LogP contribution is 2.33. The van der Waals surface area contributed by atoms with Gasteiger partial charge in [-0.05, 0) is 5.56 Å². The molecule has 19 heavy (non-hydrogen) atoms. The molecule has 0 spiro atoms. The van der Waals surface area contributed by atoms with Gasteiger partial charge in [-0.1, -0.05) is 42.1 Å². The van der Waals surface area contributed by atoms with E-state index < -0.39 is 9.84 Å². The molecule has 1 aromatic rings. The summed E-state index contributed by atoms with van der Waals surface area (Å²) in [6.07, 6.45) is 1.72. The average molecular weight is 295 g/mol. The number of sulfone groups is 1. The fourth-order valence-electron chi connectivity index (χ4n) is 2.11. The van der Waals surface area contributed by atoms with Gasteiger partial charge in [0.25, 0.3) is 0 Å². The first-order valence-corrected chi connectivity index (χ1v) is 8.61. The molecule has 0 aromatic heterocycles. The predicted octanol–water partition coefficient (Wildman–Crippen LogP) is 0.878. The van der Waals surface area contributed by atoms with Gasteiger partial charge in [-0.25, -0.2) is 8.42 Å². The van der Waals surface area contributed by atoms with E-state index in [0.717, 1.165) is 5.56 Å². The second kappa shape index (κ2) is 4.97. The van der Waals surface area contributed by atoms with Gasteiger partial charge in [0, 0.05) is 5.25 Å². The number of hydrazone groups is 1. The molecule has 100 valence electrons. The molecule has 1 N–H and O–H groups in total. The SMILES string of the molecule is O=S1(=O)C[C@H]2N=C(NN=Cc3ccccc3)S[C@@H]2C1. The van der Waals surface area contributed by atoms with Crippen LogP contribution in [0.2, 0.25) is 0 Å². The second-order valence-electron chi connectivity index (χ2n) is 4.52. The van der Waals surface area contributed by atoms with Crippen molar-refractivity contribution in [3.8, 4) is 0 Å². The average Bonchev–Trinajstić information content (AvgIpc) is 2.83. The van der Waals surface area contributed by atoms with E-state index >= 15 is 0 Å². The fourth-order valence-corrected chi connectivity index (χ4v) is 5.72. The number of nitrogens with one attached hydrogen (secondary N) is 1. The highest BCUT2D eigenvalue weighted by molar-refractivity contribution is 8.15. The summed E-state index contributed by atoms with van der Waals surface area (Å²) in [7, 11) is -2.89. The Hall–Kier alpha value is -1.34. The number of aliphatic imine (C=N–C) groups is 1. The number of amidine groups is 1. The maximum absolute atomic E-state index is 11.4. The monoisotopic (exact) mass is 295 g/mol. The molecule has 0 radical (unpaired) electrons. The van der Waals surface area contributed by atoms with Crippen molar-refractivity contribution >= 4 is 33.0 Å². The van der Waals surface area contributed by atoms with Crippen molar-refractivity contribution in [2.75, 3.05) is 11.5 Å². The maximum atomic E-state index is 11.4. The third kappa shape index (κ3) is 2.98. The van der Waals surface area contributed by atoms with Crippen LogP contribution in [-0.4, -0.2) is 42.6 Å². The number of rotatable bonds is 2. The van der Waals surface area contributed by atoms with E-state index in [0.29, 0.717) is 5.17 Å². The number of benzene rings is 1. The van der Waals surface area contributed by atoms with Crippen molar-refractivity contribution in [2.24, 2.45) is 10.1 Å².